The van der Waals surface area contributed by atoms with Crippen LogP contribution in [0.5, 0.6) is 5.75 Å². The van der Waals surface area contributed by atoms with Gasteiger partial charge in [0.1, 0.15) is 5.75 Å². The van der Waals surface area contributed by atoms with Crippen LogP contribution in [0.3, 0.4) is 0 Å². The van der Waals surface area contributed by atoms with Gasteiger partial charge in [-0.3, -0.25) is 0 Å². The number of benzene rings is 1. The van der Waals surface area contributed by atoms with Gasteiger partial charge in [-0.2, -0.15) is 0 Å². The Labute approximate surface area is 96.6 Å². The van der Waals surface area contributed by atoms with E-state index in [1.807, 2.05) is 0 Å². The van der Waals surface area contributed by atoms with Gasteiger partial charge in [-0.25, -0.2) is 0 Å². The summed E-state index contributed by atoms with van der Waals surface area (Å²) in [5.41, 5.74) is 1.44. The zero-order valence-corrected chi connectivity index (χ0v) is 9.85. The second kappa shape index (κ2) is 3.77. The topological polar surface area (TPSA) is 18.5 Å². The van der Waals surface area contributed by atoms with E-state index in [9.17, 15) is 0 Å². The molecule has 0 bridgehead atoms. The molecule has 86 valence electrons. The molecule has 1 aliphatic heterocycles. The molecule has 0 spiro atoms. The molecule has 1 aliphatic carbocycles. The largest absolute Gasteiger partial charge is 0.497 e. The van der Waals surface area contributed by atoms with Crippen LogP contribution in [0.4, 0.5) is 0 Å². The number of hydrogen-bond acceptors (Lipinski definition) is 2. The molecule has 0 unspecified atom stereocenters. The molecule has 2 heteroatoms. The van der Waals surface area contributed by atoms with Gasteiger partial charge in [0.15, 0.2) is 0 Å². The third-order valence-electron chi connectivity index (χ3n) is 4.37. The first-order chi connectivity index (χ1) is 7.81. The van der Waals surface area contributed by atoms with E-state index in [2.05, 4.69) is 31.2 Å². The first-order valence-electron chi connectivity index (χ1n) is 6.03. The summed E-state index contributed by atoms with van der Waals surface area (Å²) in [5, 5.41) is 0. The zero-order valence-electron chi connectivity index (χ0n) is 9.85. The number of methoxy groups -OCH3 is 1. The van der Waals surface area contributed by atoms with E-state index in [4.69, 9.17) is 9.47 Å². The highest BCUT2D eigenvalue weighted by Gasteiger charge is 2.51. The Balaban J connectivity index is 1.81. The number of hydrogen-bond donors (Lipinski definition) is 0. The van der Waals surface area contributed by atoms with Crippen molar-refractivity contribution in [2.75, 3.05) is 20.3 Å². The smallest absolute Gasteiger partial charge is 0.118 e. The molecule has 4 atom stereocenters. The Morgan fingerprint density at radius 3 is 2.50 bits per heavy atom. The van der Waals surface area contributed by atoms with Crippen molar-refractivity contribution >= 4 is 0 Å². The summed E-state index contributed by atoms with van der Waals surface area (Å²) in [7, 11) is 1.71. The molecule has 1 saturated carbocycles. The molecular formula is C14H18O2. The Morgan fingerprint density at radius 1 is 1.12 bits per heavy atom. The lowest BCUT2D eigenvalue weighted by Crippen LogP contribution is -2.42. The van der Waals surface area contributed by atoms with Crippen LogP contribution in [0.25, 0.3) is 0 Å². The Bertz CT molecular complexity index is 371. The molecule has 16 heavy (non-hydrogen) atoms. The standard InChI is InChI=1S/C14H18O2/c1-9-12-7-16-8-13(12)14(9)10-3-5-11(15-2)6-4-10/h3-6,9,12-14H,7-8H2,1-2H3/t9-,12-,13-,14+/m0/s1. The first-order valence-corrected chi connectivity index (χ1v) is 6.03. The van der Waals surface area contributed by atoms with Gasteiger partial charge in [0.2, 0.25) is 0 Å². The van der Waals surface area contributed by atoms with Crippen molar-refractivity contribution in [2.24, 2.45) is 17.8 Å². The summed E-state index contributed by atoms with van der Waals surface area (Å²) in [5.74, 6) is 3.95. The normalized spacial score (nSPS) is 36.6. The van der Waals surface area contributed by atoms with Crippen molar-refractivity contribution in [2.45, 2.75) is 12.8 Å². The zero-order chi connectivity index (χ0) is 11.1. The van der Waals surface area contributed by atoms with E-state index in [1.165, 1.54) is 5.56 Å². The predicted molar refractivity (Wildman–Crippen MR) is 62.7 cm³/mol. The second-order valence-electron chi connectivity index (χ2n) is 5.02. The van der Waals surface area contributed by atoms with Gasteiger partial charge in [0.25, 0.3) is 0 Å². The molecular weight excluding hydrogens is 200 g/mol. The Hall–Kier alpha value is -1.02. The summed E-state index contributed by atoms with van der Waals surface area (Å²) in [4.78, 5) is 0. The van der Waals surface area contributed by atoms with Crippen molar-refractivity contribution in [1.82, 2.24) is 0 Å². The highest BCUT2D eigenvalue weighted by molar-refractivity contribution is 5.32. The lowest BCUT2D eigenvalue weighted by molar-refractivity contribution is 0.0929. The van der Waals surface area contributed by atoms with Crippen LogP contribution < -0.4 is 4.74 Å². The number of ether oxygens (including phenoxy) is 2. The van der Waals surface area contributed by atoms with Crippen molar-refractivity contribution in [1.29, 1.82) is 0 Å². The van der Waals surface area contributed by atoms with Crippen molar-refractivity contribution in [3.63, 3.8) is 0 Å². The molecule has 1 heterocycles. The van der Waals surface area contributed by atoms with Gasteiger partial charge in [-0.1, -0.05) is 19.1 Å². The fraction of sp³-hybridized carbons (Fsp3) is 0.571. The summed E-state index contributed by atoms with van der Waals surface area (Å²) in [6.45, 7) is 4.27. The SMILES string of the molecule is COc1ccc([C@H]2[C@@H](C)[C@@H]3COC[C@@H]32)cc1. The molecule has 0 amide bonds. The van der Waals surface area contributed by atoms with E-state index in [1.54, 1.807) is 7.11 Å². The lowest BCUT2D eigenvalue weighted by Gasteiger charge is -2.46. The van der Waals surface area contributed by atoms with Gasteiger partial charge in [-0.05, 0) is 41.4 Å². The molecule has 2 fully saturated rings. The van der Waals surface area contributed by atoms with E-state index in [0.717, 1.165) is 36.7 Å². The third kappa shape index (κ3) is 1.36. The highest BCUT2D eigenvalue weighted by Crippen LogP contribution is 2.54. The van der Waals surface area contributed by atoms with Gasteiger partial charge >= 0.3 is 0 Å². The van der Waals surface area contributed by atoms with E-state index in [-0.39, 0.29) is 0 Å². The summed E-state index contributed by atoms with van der Waals surface area (Å²) < 4.78 is 10.8. The molecule has 2 nitrogen and oxygen atoms in total. The molecule has 0 N–H and O–H groups in total. The van der Waals surface area contributed by atoms with Crippen molar-refractivity contribution in [3.05, 3.63) is 29.8 Å². The molecule has 0 aromatic heterocycles. The van der Waals surface area contributed by atoms with Crippen LogP contribution in [0, 0.1) is 17.8 Å². The monoisotopic (exact) mass is 218 g/mol. The lowest BCUT2D eigenvalue weighted by atomic mass is 9.57. The fourth-order valence-corrected chi connectivity index (χ4v) is 3.39. The summed E-state index contributed by atoms with van der Waals surface area (Å²) in [6, 6.07) is 8.53. The number of fused-ring (bicyclic) bond motifs is 1. The maximum absolute atomic E-state index is 5.57. The molecule has 0 radical (unpaired) electrons. The molecule has 1 saturated heterocycles. The van der Waals surface area contributed by atoms with Crippen LogP contribution in [0.2, 0.25) is 0 Å². The minimum atomic E-state index is 0.693. The maximum atomic E-state index is 5.57. The minimum absolute atomic E-state index is 0.693. The highest BCUT2D eigenvalue weighted by atomic mass is 16.5. The summed E-state index contributed by atoms with van der Waals surface area (Å²) >= 11 is 0. The average Bonchev–Trinajstić information content (AvgIpc) is 2.74. The maximum Gasteiger partial charge on any atom is 0.118 e. The van der Waals surface area contributed by atoms with Crippen LogP contribution >= 0.6 is 0 Å². The van der Waals surface area contributed by atoms with Crippen molar-refractivity contribution in [3.8, 4) is 5.75 Å². The average molecular weight is 218 g/mol. The van der Waals surface area contributed by atoms with E-state index < -0.39 is 0 Å². The minimum Gasteiger partial charge on any atom is -0.497 e. The predicted octanol–water partition coefficient (Wildman–Crippen LogP) is 2.69. The van der Waals surface area contributed by atoms with Gasteiger partial charge in [0, 0.05) is 0 Å². The van der Waals surface area contributed by atoms with Gasteiger partial charge < -0.3 is 9.47 Å². The van der Waals surface area contributed by atoms with Crippen LogP contribution in [-0.4, -0.2) is 20.3 Å². The number of rotatable bonds is 2. The Morgan fingerprint density at radius 2 is 1.81 bits per heavy atom. The molecule has 1 aromatic rings. The fourth-order valence-electron chi connectivity index (χ4n) is 3.39. The van der Waals surface area contributed by atoms with Gasteiger partial charge in [-0.15, -0.1) is 0 Å². The second-order valence-corrected chi connectivity index (χ2v) is 5.02. The molecule has 3 rings (SSSR count). The molecule has 2 aliphatic rings. The van der Waals surface area contributed by atoms with Crippen LogP contribution in [-0.2, 0) is 4.74 Å². The quantitative estimate of drug-likeness (QED) is 0.760. The van der Waals surface area contributed by atoms with Crippen LogP contribution in [0.15, 0.2) is 24.3 Å². The molecule has 1 aromatic carbocycles. The van der Waals surface area contributed by atoms with Crippen LogP contribution in [0.1, 0.15) is 18.4 Å². The first kappa shape index (κ1) is 10.2. The Kier molecular flexibility index (Phi) is 2.40. The summed E-state index contributed by atoms with van der Waals surface area (Å²) in [6.07, 6.45) is 0. The van der Waals surface area contributed by atoms with E-state index in [0.29, 0.717) is 5.92 Å². The van der Waals surface area contributed by atoms with E-state index >= 15 is 0 Å². The van der Waals surface area contributed by atoms with Crippen molar-refractivity contribution < 1.29 is 9.47 Å². The van der Waals surface area contributed by atoms with Gasteiger partial charge in [0.05, 0.1) is 20.3 Å². The third-order valence-corrected chi connectivity index (χ3v) is 4.37.